The largest absolute Gasteiger partial charge is 0.507 e. The van der Waals surface area contributed by atoms with Crippen LogP contribution in [0.2, 0.25) is 0 Å². The Morgan fingerprint density at radius 3 is 2.66 bits per heavy atom. The fourth-order valence-corrected chi connectivity index (χ4v) is 3.37. The molecule has 0 aliphatic rings. The lowest BCUT2D eigenvalue weighted by Gasteiger charge is -2.06. The van der Waals surface area contributed by atoms with Crippen molar-refractivity contribution < 1.29 is 9.90 Å². The molecule has 3 N–H and O–H groups in total. The number of unbranched alkanes of at least 4 members (excludes halogenated alkanes) is 1. The van der Waals surface area contributed by atoms with Crippen LogP contribution in [0.15, 0.2) is 67.0 Å². The summed E-state index contributed by atoms with van der Waals surface area (Å²) < 4.78 is 0. The molecule has 0 aliphatic heterocycles. The molecule has 0 bridgehead atoms. The molecule has 0 radical (unpaired) electrons. The van der Waals surface area contributed by atoms with Crippen LogP contribution < -0.4 is 5.32 Å². The molecule has 0 unspecified atom stereocenters. The maximum absolute atomic E-state index is 12.1. The van der Waals surface area contributed by atoms with Gasteiger partial charge >= 0.3 is 0 Å². The summed E-state index contributed by atoms with van der Waals surface area (Å²) in [4.78, 5) is 16.1. The summed E-state index contributed by atoms with van der Waals surface area (Å²) in [6, 6.07) is 16.8. The second-order valence-electron chi connectivity index (χ2n) is 6.90. The van der Waals surface area contributed by atoms with Gasteiger partial charge in [0.1, 0.15) is 5.75 Å². The number of aromatic amines is 1. The van der Waals surface area contributed by atoms with Crippen LogP contribution in [-0.2, 0) is 6.42 Å². The van der Waals surface area contributed by atoms with Gasteiger partial charge in [0.15, 0.2) is 0 Å². The number of H-pyrrole nitrogens is 1. The number of rotatable bonds is 7. The van der Waals surface area contributed by atoms with Crippen molar-refractivity contribution >= 4 is 16.8 Å². The molecule has 2 aromatic carbocycles. The highest BCUT2D eigenvalue weighted by Gasteiger charge is 2.10. The number of fused-ring (bicyclic) bond motifs is 1. The molecular formula is C23H22N4O2. The lowest BCUT2D eigenvalue weighted by Crippen LogP contribution is -2.24. The number of phenolic OH excluding ortho intramolecular Hbond substituents is 1. The minimum Gasteiger partial charge on any atom is -0.507 e. The van der Waals surface area contributed by atoms with Crippen molar-refractivity contribution in [1.82, 2.24) is 20.5 Å². The normalized spacial score (nSPS) is 10.9. The Morgan fingerprint density at radius 1 is 1.00 bits per heavy atom. The molecule has 29 heavy (non-hydrogen) atoms. The summed E-state index contributed by atoms with van der Waals surface area (Å²) in [6.07, 6.45) is 6.16. The molecule has 2 aromatic heterocycles. The summed E-state index contributed by atoms with van der Waals surface area (Å²) >= 11 is 0. The van der Waals surface area contributed by atoms with E-state index in [1.165, 1.54) is 6.07 Å². The maximum Gasteiger partial charge on any atom is 0.255 e. The molecule has 0 saturated carbocycles. The number of pyridine rings is 1. The van der Waals surface area contributed by atoms with Crippen molar-refractivity contribution in [3.05, 3.63) is 78.2 Å². The smallest absolute Gasteiger partial charge is 0.255 e. The summed E-state index contributed by atoms with van der Waals surface area (Å²) in [7, 11) is 0. The van der Waals surface area contributed by atoms with Crippen LogP contribution in [0.5, 0.6) is 5.75 Å². The predicted molar refractivity (Wildman–Crippen MR) is 113 cm³/mol. The first-order chi connectivity index (χ1) is 14.2. The summed E-state index contributed by atoms with van der Waals surface area (Å²) in [5.74, 6) is -0.254. The third kappa shape index (κ3) is 4.27. The van der Waals surface area contributed by atoms with Crippen molar-refractivity contribution in [3.8, 4) is 16.9 Å². The van der Waals surface area contributed by atoms with Gasteiger partial charge < -0.3 is 10.4 Å². The molecule has 1 amide bonds. The van der Waals surface area contributed by atoms with Crippen molar-refractivity contribution in [2.45, 2.75) is 19.3 Å². The van der Waals surface area contributed by atoms with Gasteiger partial charge in [0.25, 0.3) is 5.91 Å². The molecule has 0 atom stereocenters. The van der Waals surface area contributed by atoms with E-state index in [0.717, 1.165) is 47.0 Å². The number of hydrogen-bond acceptors (Lipinski definition) is 4. The van der Waals surface area contributed by atoms with E-state index in [9.17, 15) is 9.90 Å². The Morgan fingerprint density at radius 2 is 1.83 bits per heavy atom. The van der Waals surface area contributed by atoms with E-state index in [0.29, 0.717) is 12.1 Å². The summed E-state index contributed by atoms with van der Waals surface area (Å²) in [5, 5.41) is 21.3. The van der Waals surface area contributed by atoms with E-state index in [1.54, 1.807) is 30.6 Å². The van der Waals surface area contributed by atoms with Crippen LogP contribution in [0.25, 0.3) is 22.0 Å². The number of nitrogens with zero attached hydrogens (tertiary/aromatic N) is 2. The second kappa shape index (κ2) is 8.56. The molecule has 4 rings (SSSR count). The number of amides is 1. The minimum absolute atomic E-state index is 0.000808. The number of aryl methyl sites for hydroxylation is 1. The Hall–Kier alpha value is -3.67. The van der Waals surface area contributed by atoms with Gasteiger partial charge in [0.05, 0.1) is 16.8 Å². The van der Waals surface area contributed by atoms with Crippen molar-refractivity contribution in [2.24, 2.45) is 0 Å². The fourth-order valence-electron chi connectivity index (χ4n) is 3.37. The first-order valence-electron chi connectivity index (χ1n) is 9.66. The zero-order chi connectivity index (χ0) is 20.1. The van der Waals surface area contributed by atoms with Crippen LogP contribution in [-0.4, -0.2) is 32.7 Å². The molecule has 0 aliphatic carbocycles. The van der Waals surface area contributed by atoms with E-state index in [-0.39, 0.29) is 11.7 Å². The minimum atomic E-state index is -0.253. The van der Waals surface area contributed by atoms with Gasteiger partial charge in [0.2, 0.25) is 0 Å². The third-order valence-electron chi connectivity index (χ3n) is 4.93. The lowest BCUT2D eigenvalue weighted by molar-refractivity contribution is 0.0950. The van der Waals surface area contributed by atoms with Crippen LogP contribution in [0.1, 0.15) is 28.9 Å². The van der Waals surface area contributed by atoms with Crippen LogP contribution in [0, 0.1) is 0 Å². The molecule has 146 valence electrons. The zero-order valence-corrected chi connectivity index (χ0v) is 15.9. The van der Waals surface area contributed by atoms with E-state index in [2.05, 4.69) is 38.7 Å². The molecule has 0 spiro atoms. The number of hydrogen-bond donors (Lipinski definition) is 3. The topological polar surface area (TPSA) is 90.9 Å². The number of phenols is 1. The first kappa shape index (κ1) is 18.7. The highest BCUT2D eigenvalue weighted by molar-refractivity contribution is 5.96. The van der Waals surface area contributed by atoms with Crippen molar-refractivity contribution in [1.29, 1.82) is 0 Å². The van der Waals surface area contributed by atoms with Gasteiger partial charge in [-0.15, -0.1) is 0 Å². The molecular weight excluding hydrogens is 364 g/mol. The van der Waals surface area contributed by atoms with Gasteiger partial charge in [-0.25, -0.2) is 0 Å². The average Bonchev–Trinajstić information content (AvgIpc) is 3.16. The quantitative estimate of drug-likeness (QED) is 0.417. The number of nitrogens with one attached hydrogen (secondary N) is 2. The average molecular weight is 386 g/mol. The number of carbonyl (C=O) groups is 1. The van der Waals surface area contributed by atoms with Gasteiger partial charge in [-0.05, 0) is 60.7 Å². The number of para-hydroxylation sites is 1. The predicted octanol–water partition coefficient (Wildman–Crippen LogP) is 4.08. The molecule has 6 heteroatoms. The Labute approximate surface area is 168 Å². The van der Waals surface area contributed by atoms with Crippen molar-refractivity contribution in [2.75, 3.05) is 6.54 Å². The van der Waals surface area contributed by atoms with E-state index in [4.69, 9.17) is 0 Å². The third-order valence-corrected chi connectivity index (χ3v) is 4.93. The van der Waals surface area contributed by atoms with Gasteiger partial charge in [-0.3, -0.25) is 14.9 Å². The number of aromatic nitrogens is 3. The lowest BCUT2D eigenvalue weighted by atomic mass is 10.0. The summed E-state index contributed by atoms with van der Waals surface area (Å²) in [5.41, 5.74) is 4.60. The molecule has 4 aromatic rings. The molecule has 6 nitrogen and oxygen atoms in total. The Bertz CT molecular complexity index is 1120. The maximum atomic E-state index is 12.1. The zero-order valence-electron chi connectivity index (χ0n) is 15.9. The highest BCUT2D eigenvalue weighted by atomic mass is 16.3. The second-order valence-corrected chi connectivity index (χ2v) is 6.90. The Kier molecular flexibility index (Phi) is 5.52. The number of benzene rings is 2. The SMILES string of the molecule is O=C(NCCCCc1n[nH]c2cc(-c3ccncc3)ccc12)c1ccccc1O. The molecule has 0 saturated heterocycles. The first-order valence-corrected chi connectivity index (χ1v) is 9.66. The van der Waals surface area contributed by atoms with Crippen LogP contribution >= 0.6 is 0 Å². The highest BCUT2D eigenvalue weighted by Crippen LogP contribution is 2.25. The van der Waals surface area contributed by atoms with E-state index in [1.807, 2.05) is 12.1 Å². The summed E-state index contributed by atoms with van der Waals surface area (Å²) in [6.45, 7) is 0.557. The van der Waals surface area contributed by atoms with Crippen LogP contribution in [0.4, 0.5) is 0 Å². The standard InChI is InChI=1S/C23H22N4O2/c28-22-7-2-1-5-19(22)23(29)25-12-4-3-6-20-18-9-8-17(15-21(18)27-26-20)16-10-13-24-14-11-16/h1-2,5,7-11,13-15,28H,3-4,6,12H2,(H,25,29)(H,26,27). The van der Waals surface area contributed by atoms with Crippen molar-refractivity contribution in [3.63, 3.8) is 0 Å². The monoisotopic (exact) mass is 386 g/mol. The van der Waals surface area contributed by atoms with Gasteiger partial charge in [-0.1, -0.05) is 24.3 Å². The molecule has 2 heterocycles. The number of carbonyl (C=O) groups excluding carboxylic acids is 1. The number of aromatic hydroxyl groups is 1. The van der Waals surface area contributed by atoms with Gasteiger partial charge in [-0.2, -0.15) is 5.10 Å². The Balaban J connectivity index is 1.31. The van der Waals surface area contributed by atoms with Gasteiger partial charge in [0, 0.05) is 24.3 Å². The fraction of sp³-hybridized carbons (Fsp3) is 0.174. The molecule has 0 fully saturated rings. The van der Waals surface area contributed by atoms with E-state index < -0.39 is 0 Å². The van der Waals surface area contributed by atoms with Crippen LogP contribution in [0.3, 0.4) is 0 Å². The van der Waals surface area contributed by atoms with E-state index >= 15 is 0 Å².